The van der Waals surface area contributed by atoms with Gasteiger partial charge >= 0.3 is 11.6 Å². The van der Waals surface area contributed by atoms with Gasteiger partial charge in [-0.25, -0.2) is 9.18 Å². The Labute approximate surface area is 143 Å². The molecule has 2 rings (SSSR count). The number of carboxylic acid groups (broad SMARTS) is 1. The average molecular weight is 357 g/mol. The summed E-state index contributed by atoms with van der Waals surface area (Å²) in [7, 11) is 0. The van der Waals surface area contributed by atoms with E-state index in [9.17, 15) is 18.4 Å². The lowest BCUT2D eigenvalue weighted by Crippen LogP contribution is -2.15. The van der Waals surface area contributed by atoms with E-state index in [1.54, 1.807) is 0 Å². The number of aliphatic carboxylic acids is 1. The molecule has 2 aromatic rings. The number of aryl methyl sites for hydroxylation is 1. The number of halogens is 2. The van der Waals surface area contributed by atoms with E-state index < -0.39 is 41.0 Å². The fraction of sp³-hybridized carbons (Fsp3) is 0.412. The summed E-state index contributed by atoms with van der Waals surface area (Å²) in [6.45, 7) is 5.71. The molecular formula is C17H21F2NO5. The number of benzene rings is 1. The van der Waals surface area contributed by atoms with Crippen molar-refractivity contribution in [2.24, 2.45) is 5.73 Å². The van der Waals surface area contributed by atoms with Crippen LogP contribution in [0, 0.1) is 18.6 Å². The van der Waals surface area contributed by atoms with Crippen molar-refractivity contribution in [2.75, 3.05) is 13.2 Å². The van der Waals surface area contributed by atoms with E-state index in [2.05, 4.69) is 0 Å². The van der Waals surface area contributed by atoms with Gasteiger partial charge in [0.15, 0.2) is 17.1 Å². The second-order valence-electron chi connectivity index (χ2n) is 4.93. The van der Waals surface area contributed by atoms with Crippen LogP contribution in [-0.2, 0) is 11.2 Å². The monoisotopic (exact) mass is 357 g/mol. The molecule has 0 aliphatic heterocycles. The molecule has 0 aliphatic carbocycles. The number of carbonyl (C=O) groups is 1. The zero-order chi connectivity index (χ0) is 19.1. The lowest BCUT2D eigenvalue weighted by Gasteiger charge is -2.11. The minimum absolute atomic E-state index is 0.0101. The third-order valence-electron chi connectivity index (χ3n) is 3.35. The Hall–Kier alpha value is -2.48. The van der Waals surface area contributed by atoms with Crippen LogP contribution in [0.4, 0.5) is 8.78 Å². The first kappa shape index (κ1) is 20.6. The van der Waals surface area contributed by atoms with Crippen molar-refractivity contribution < 1.29 is 27.8 Å². The predicted molar refractivity (Wildman–Crippen MR) is 89.0 cm³/mol. The largest absolute Gasteiger partial charge is 0.487 e. The SMILES string of the molecule is CC.Cc1c(CC(=O)O)c(=O)oc2c(F)c(OCCCN)c(F)cc12. The van der Waals surface area contributed by atoms with E-state index in [0.29, 0.717) is 13.0 Å². The van der Waals surface area contributed by atoms with Crippen LogP contribution >= 0.6 is 0 Å². The highest BCUT2D eigenvalue weighted by molar-refractivity contribution is 5.84. The zero-order valence-electron chi connectivity index (χ0n) is 14.3. The zero-order valence-corrected chi connectivity index (χ0v) is 14.3. The van der Waals surface area contributed by atoms with Gasteiger partial charge < -0.3 is 20.0 Å². The Morgan fingerprint density at radius 2 is 2.00 bits per heavy atom. The highest BCUT2D eigenvalue weighted by Gasteiger charge is 2.22. The van der Waals surface area contributed by atoms with Crippen LogP contribution in [0.2, 0.25) is 0 Å². The summed E-state index contributed by atoms with van der Waals surface area (Å²) in [6.07, 6.45) is -0.195. The molecule has 8 heteroatoms. The van der Waals surface area contributed by atoms with Crippen LogP contribution < -0.4 is 16.1 Å². The second-order valence-corrected chi connectivity index (χ2v) is 4.93. The lowest BCUT2D eigenvalue weighted by atomic mass is 10.0. The van der Waals surface area contributed by atoms with Gasteiger partial charge in [0.25, 0.3) is 0 Å². The molecule has 0 spiro atoms. The first-order valence-electron chi connectivity index (χ1n) is 7.85. The molecule has 0 amide bonds. The van der Waals surface area contributed by atoms with Crippen molar-refractivity contribution in [3.63, 3.8) is 0 Å². The fourth-order valence-corrected chi connectivity index (χ4v) is 2.18. The van der Waals surface area contributed by atoms with Gasteiger partial charge in [-0.2, -0.15) is 4.39 Å². The summed E-state index contributed by atoms with van der Waals surface area (Å²) in [5.41, 5.74) is 3.84. The number of ether oxygens (including phenoxy) is 1. The van der Waals surface area contributed by atoms with Crippen LogP contribution in [0.1, 0.15) is 31.4 Å². The fourth-order valence-electron chi connectivity index (χ4n) is 2.18. The number of carboxylic acids is 1. The predicted octanol–water partition coefficient (Wildman–Crippen LogP) is 2.76. The minimum atomic E-state index is -1.25. The van der Waals surface area contributed by atoms with E-state index in [1.807, 2.05) is 13.8 Å². The molecule has 0 aliphatic rings. The Morgan fingerprint density at radius 1 is 1.36 bits per heavy atom. The van der Waals surface area contributed by atoms with E-state index in [4.69, 9.17) is 20.0 Å². The van der Waals surface area contributed by atoms with Gasteiger partial charge in [-0.3, -0.25) is 4.79 Å². The summed E-state index contributed by atoms with van der Waals surface area (Å²) in [6, 6.07) is 0.958. The maximum atomic E-state index is 14.4. The average Bonchev–Trinajstić information content (AvgIpc) is 2.57. The van der Waals surface area contributed by atoms with Crippen molar-refractivity contribution in [1.82, 2.24) is 0 Å². The third-order valence-corrected chi connectivity index (χ3v) is 3.35. The Kier molecular flexibility index (Phi) is 7.50. The molecule has 0 bridgehead atoms. The molecule has 3 N–H and O–H groups in total. The Bertz CT molecular complexity index is 817. The summed E-state index contributed by atoms with van der Waals surface area (Å²) in [5, 5.41) is 8.79. The maximum Gasteiger partial charge on any atom is 0.340 e. The van der Waals surface area contributed by atoms with Crippen molar-refractivity contribution >= 4 is 16.9 Å². The van der Waals surface area contributed by atoms with Gasteiger partial charge in [0, 0.05) is 5.39 Å². The van der Waals surface area contributed by atoms with Crippen LogP contribution in [0.5, 0.6) is 5.75 Å². The molecule has 25 heavy (non-hydrogen) atoms. The van der Waals surface area contributed by atoms with E-state index >= 15 is 0 Å². The normalized spacial score (nSPS) is 10.3. The highest BCUT2D eigenvalue weighted by atomic mass is 19.1. The Balaban J connectivity index is 0.00000151. The van der Waals surface area contributed by atoms with Crippen LogP contribution in [0.3, 0.4) is 0 Å². The van der Waals surface area contributed by atoms with Crippen LogP contribution in [-0.4, -0.2) is 24.2 Å². The van der Waals surface area contributed by atoms with Gasteiger partial charge in [-0.1, -0.05) is 13.8 Å². The minimum Gasteiger partial charge on any atom is -0.487 e. The molecule has 0 atom stereocenters. The first-order chi connectivity index (χ1) is 11.9. The number of hydrogen-bond donors (Lipinski definition) is 2. The summed E-state index contributed by atoms with van der Waals surface area (Å²) in [4.78, 5) is 22.6. The molecule has 1 heterocycles. The molecule has 0 unspecified atom stereocenters. The molecule has 0 radical (unpaired) electrons. The van der Waals surface area contributed by atoms with Crippen molar-refractivity contribution in [2.45, 2.75) is 33.6 Å². The van der Waals surface area contributed by atoms with Crippen molar-refractivity contribution in [3.05, 3.63) is 39.2 Å². The molecule has 138 valence electrons. The topological polar surface area (TPSA) is 103 Å². The van der Waals surface area contributed by atoms with Gasteiger partial charge in [0.2, 0.25) is 5.82 Å². The molecule has 1 aromatic carbocycles. The second kappa shape index (κ2) is 9.12. The smallest absolute Gasteiger partial charge is 0.340 e. The quantitative estimate of drug-likeness (QED) is 0.609. The van der Waals surface area contributed by atoms with Crippen molar-refractivity contribution in [1.29, 1.82) is 0 Å². The summed E-state index contributed by atoms with van der Waals surface area (Å²) < 4.78 is 38.3. The standard InChI is InChI=1S/C15H15F2NO5.C2H6/c1-7-8-5-10(16)14(22-4-2-3-18)12(17)13(8)23-15(21)9(7)6-11(19)20;1-2/h5H,2-4,6,18H2,1H3,(H,19,20);1-2H3. The third kappa shape index (κ3) is 4.54. The van der Waals surface area contributed by atoms with E-state index in [0.717, 1.165) is 6.07 Å². The molecule has 1 aromatic heterocycles. The first-order valence-corrected chi connectivity index (χ1v) is 7.85. The highest BCUT2D eigenvalue weighted by Crippen LogP contribution is 2.31. The maximum absolute atomic E-state index is 14.4. The number of rotatable bonds is 6. The van der Waals surface area contributed by atoms with E-state index in [-0.39, 0.29) is 23.1 Å². The van der Waals surface area contributed by atoms with Crippen molar-refractivity contribution in [3.8, 4) is 5.75 Å². The molecule has 6 nitrogen and oxygen atoms in total. The van der Waals surface area contributed by atoms with Gasteiger partial charge in [0.1, 0.15) is 0 Å². The number of hydrogen-bond acceptors (Lipinski definition) is 5. The Morgan fingerprint density at radius 3 is 2.56 bits per heavy atom. The van der Waals surface area contributed by atoms with Crippen LogP contribution in [0.25, 0.3) is 11.0 Å². The number of fused-ring (bicyclic) bond motifs is 1. The van der Waals surface area contributed by atoms with E-state index in [1.165, 1.54) is 6.92 Å². The number of nitrogens with two attached hydrogens (primary N) is 1. The molecular weight excluding hydrogens is 336 g/mol. The molecule has 0 fully saturated rings. The molecule has 0 saturated carbocycles. The van der Waals surface area contributed by atoms with Gasteiger partial charge in [0.05, 0.1) is 18.6 Å². The summed E-state index contributed by atoms with van der Waals surface area (Å²) in [5.74, 6) is -4.01. The van der Waals surface area contributed by atoms with Gasteiger partial charge in [-0.05, 0) is 31.5 Å². The van der Waals surface area contributed by atoms with Gasteiger partial charge in [-0.15, -0.1) is 0 Å². The lowest BCUT2D eigenvalue weighted by molar-refractivity contribution is -0.136. The molecule has 0 saturated heterocycles. The summed E-state index contributed by atoms with van der Waals surface area (Å²) >= 11 is 0. The van der Waals surface area contributed by atoms with Crippen LogP contribution in [0.15, 0.2) is 15.3 Å².